The Balaban J connectivity index is 2.10. The first-order valence-electron chi connectivity index (χ1n) is 6.21. The number of anilines is 1. The summed E-state index contributed by atoms with van der Waals surface area (Å²) in [6.45, 7) is 4.49. The van der Waals surface area contributed by atoms with Gasteiger partial charge in [-0.15, -0.1) is 18.3 Å². The minimum atomic E-state index is 0.729. The quantitative estimate of drug-likeness (QED) is 0.496. The first kappa shape index (κ1) is 15.5. The molecule has 1 N–H and O–H groups in total. The van der Waals surface area contributed by atoms with Crippen LogP contribution in [0.2, 0.25) is 5.02 Å². The first-order valence-corrected chi connectivity index (χ1v) is 8.37. The van der Waals surface area contributed by atoms with Crippen molar-refractivity contribution in [2.75, 3.05) is 11.1 Å². The Labute approximate surface area is 137 Å². The smallest absolute Gasteiger partial charge is 0.0481 e. The molecule has 0 aliphatic rings. The summed E-state index contributed by atoms with van der Waals surface area (Å²) >= 11 is 11.4. The molecule has 0 aromatic heterocycles. The molecule has 0 aliphatic carbocycles. The molecule has 0 bridgehead atoms. The second kappa shape index (κ2) is 7.77. The van der Waals surface area contributed by atoms with E-state index in [4.69, 9.17) is 11.6 Å². The molecule has 2 aromatic carbocycles. The predicted octanol–water partition coefficient (Wildman–Crippen LogP) is 5.99. The normalized spacial score (nSPS) is 10.3. The van der Waals surface area contributed by atoms with Gasteiger partial charge in [0.2, 0.25) is 0 Å². The summed E-state index contributed by atoms with van der Waals surface area (Å²) in [5.74, 6) is 0.902. The number of nitrogens with one attached hydrogen (secondary N) is 1. The molecule has 0 fully saturated rings. The maximum absolute atomic E-state index is 6.03. The molecule has 104 valence electrons. The topological polar surface area (TPSA) is 12.0 Å². The van der Waals surface area contributed by atoms with Crippen LogP contribution < -0.4 is 5.32 Å². The van der Waals surface area contributed by atoms with E-state index in [1.807, 2.05) is 36.4 Å². The van der Waals surface area contributed by atoms with E-state index in [1.54, 1.807) is 11.8 Å². The van der Waals surface area contributed by atoms with E-state index in [9.17, 15) is 0 Å². The molecular formula is C16H15BrClNS. The van der Waals surface area contributed by atoms with Crippen molar-refractivity contribution in [1.82, 2.24) is 0 Å². The number of thioether (sulfide) groups is 1. The van der Waals surface area contributed by atoms with Crippen molar-refractivity contribution < 1.29 is 0 Å². The molecule has 0 unspecified atom stereocenters. The third-order valence-electron chi connectivity index (χ3n) is 2.72. The van der Waals surface area contributed by atoms with Gasteiger partial charge >= 0.3 is 0 Å². The van der Waals surface area contributed by atoms with Crippen LogP contribution in [0.4, 0.5) is 5.69 Å². The fourth-order valence-electron chi connectivity index (χ4n) is 1.76. The van der Waals surface area contributed by atoms with Crippen molar-refractivity contribution in [3.05, 3.63) is 70.2 Å². The summed E-state index contributed by atoms with van der Waals surface area (Å²) in [6.07, 6.45) is 1.91. The van der Waals surface area contributed by atoms with Crippen LogP contribution in [0.3, 0.4) is 0 Å². The predicted molar refractivity (Wildman–Crippen MR) is 93.8 cm³/mol. The van der Waals surface area contributed by atoms with Crippen LogP contribution in [0.1, 0.15) is 5.56 Å². The lowest BCUT2D eigenvalue weighted by Crippen LogP contribution is -2.01. The second-order valence-electron chi connectivity index (χ2n) is 4.19. The highest BCUT2D eigenvalue weighted by molar-refractivity contribution is 9.10. The van der Waals surface area contributed by atoms with E-state index >= 15 is 0 Å². The molecule has 2 aromatic rings. The fourth-order valence-corrected chi connectivity index (χ4v) is 3.11. The summed E-state index contributed by atoms with van der Waals surface area (Å²) in [4.78, 5) is 1.23. The Morgan fingerprint density at radius 1 is 1.25 bits per heavy atom. The Kier molecular flexibility index (Phi) is 6.02. The molecule has 0 atom stereocenters. The number of rotatable bonds is 6. The van der Waals surface area contributed by atoms with E-state index in [0.717, 1.165) is 33.0 Å². The lowest BCUT2D eigenvalue weighted by Gasteiger charge is -2.12. The highest BCUT2D eigenvalue weighted by Crippen LogP contribution is 2.28. The molecule has 1 nitrogen and oxygen atoms in total. The number of hydrogen-bond donors (Lipinski definition) is 1. The SMILES string of the molecule is C=CCSc1ccccc1NCc1cc(Cl)ccc1Br. The van der Waals surface area contributed by atoms with Crippen LogP contribution in [0.25, 0.3) is 0 Å². The molecule has 0 aliphatic heterocycles. The highest BCUT2D eigenvalue weighted by atomic mass is 79.9. The van der Waals surface area contributed by atoms with Gasteiger partial charge in [0.25, 0.3) is 0 Å². The van der Waals surface area contributed by atoms with Gasteiger partial charge < -0.3 is 5.32 Å². The number of para-hydroxylation sites is 1. The molecule has 2 rings (SSSR count). The molecule has 0 heterocycles. The third-order valence-corrected chi connectivity index (χ3v) is 4.80. The largest absolute Gasteiger partial charge is 0.380 e. The minimum absolute atomic E-state index is 0.729. The van der Waals surface area contributed by atoms with Gasteiger partial charge in [-0.25, -0.2) is 0 Å². The number of halogens is 2. The summed E-state index contributed by atoms with van der Waals surface area (Å²) < 4.78 is 1.06. The molecule has 20 heavy (non-hydrogen) atoms. The minimum Gasteiger partial charge on any atom is -0.380 e. The van der Waals surface area contributed by atoms with Gasteiger partial charge in [0.05, 0.1) is 0 Å². The zero-order valence-corrected chi connectivity index (χ0v) is 14.1. The van der Waals surface area contributed by atoms with E-state index in [-0.39, 0.29) is 0 Å². The Morgan fingerprint density at radius 2 is 2.05 bits per heavy atom. The van der Waals surface area contributed by atoms with Crippen molar-refractivity contribution >= 4 is 45.0 Å². The van der Waals surface area contributed by atoms with Crippen LogP contribution in [0, 0.1) is 0 Å². The van der Waals surface area contributed by atoms with E-state index < -0.39 is 0 Å². The molecule has 0 saturated carbocycles. The number of benzene rings is 2. The van der Waals surface area contributed by atoms with Gasteiger partial charge in [0.1, 0.15) is 0 Å². The molecule has 0 spiro atoms. The van der Waals surface area contributed by atoms with Crippen molar-refractivity contribution in [1.29, 1.82) is 0 Å². The van der Waals surface area contributed by atoms with Crippen LogP contribution in [0.15, 0.2) is 64.5 Å². The van der Waals surface area contributed by atoms with Crippen molar-refractivity contribution in [3.63, 3.8) is 0 Å². The van der Waals surface area contributed by atoms with Gasteiger partial charge in [-0.3, -0.25) is 0 Å². The first-order chi connectivity index (χ1) is 9.70. The van der Waals surface area contributed by atoms with Gasteiger partial charge in [0, 0.05) is 32.4 Å². The van der Waals surface area contributed by atoms with Gasteiger partial charge in [-0.2, -0.15) is 0 Å². The van der Waals surface area contributed by atoms with Crippen LogP contribution >= 0.6 is 39.3 Å². The Bertz CT molecular complexity index is 601. The standard InChI is InChI=1S/C16H15BrClNS/c1-2-9-20-16-6-4-3-5-15(16)19-11-12-10-13(18)7-8-14(12)17/h2-8,10,19H,1,9,11H2. The molecular weight excluding hydrogens is 354 g/mol. The summed E-state index contributed by atoms with van der Waals surface area (Å²) in [5.41, 5.74) is 2.27. The molecule has 0 radical (unpaired) electrons. The maximum atomic E-state index is 6.03. The van der Waals surface area contributed by atoms with Gasteiger partial charge in [-0.05, 0) is 35.9 Å². The van der Waals surface area contributed by atoms with Crippen LogP contribution in [-0.2, 0) is 6.54 Å². The van der Waals surface area contributed by atoms with Crippen LogP contribution in [0.5, 0.6) is 0 Å². The summed E-state index contributed by atoms with van der Waals surface area (Å²) in [5, 5.41) is 4.21. The van der Waals surface area contributed by atoms with E-state index in [1.165, 1.54) is 4.90 Å². The zero-order chi connectivity index (χ0) is 14.4. The third kappa shape index (κ3) is 4.30. The second-order valence-corrected chi connectivity index (χ2v) is 6.54. The molecule has 0 saturated heterocycles. The van der Waals surface area contributed by atoms with Crippen LogP contribution in [-0.4, -0.2) is 5.75 Å². The zero-order valence-electron chi connectivity index (χ0n) is 10.9. The summed E-state index contributed by atoms with van der Waals surface area (Å²) in [6, 6.07) is 14.1. The van der Waals surface area contributed by atoms with Crippen molar-refractivity contribution in [3.8, 4) is 0 Å². The lowest BCUT2D eigenvalue weighted by atomic mass is 10.2. The Hall–Kier alpha value is -0.900. The van der Waals surface area contributed by atoms with Crippen molar-refractivity contribution in [2.24, 2.45) is 0 Å². The monoisotopic (exact) mass is 367 g/mol. The molecule has 0 amide bonds. The number of hydrogen-bond acceptors (Lipinski definition) is 2. The van der Waals surface area contributed by atoms with E-state index in [0.29, 0.717) is 0 Å². The Morgan fingerprint density at radius 3 is 2.85 bits per heavy atom. The molecule has 4 heteroatoms. The van der Waals surface area contributed by atoms with Crippen molar-refractivity contribution in [2.45, 2.75) is 11.4 Å². The van der Waals surface area contributed by atoms with E-state index in [2.05, 4.69) is 40.0 Å². The lowest BCUT2D eigenvalue weighted by molar-refractivity contribution is 1.12. The van der Waals surface area contributed by atoms with Gasteiger partial charge in [-0.1, -0.05) is 45.7 Å². The fraction of sp³-hybridized carbons (Fsp3) is 0.125. The summed E-state index contributed by atoms with van der Waals surface area (Å²) in [7, 11) is 0. The highest BCUT2D eigenvalue weighted by Gasteiger charge is 2.04. The average molecular weight is 369 g/mol. The van der Waals surface area contributed by atoms with Gasteiger partial charge in [0.15, 0.2) is 0 Å². The maximum Gasteiger partial charge on any atom is 0.0481 e. The average Bonchev–Trinajstić information content (AvgIpc) is 2.47.